The molecule has 0 radical (unpaired) electrons. The molecule has 3 aliphatic rings. The lowest BCUT2D eigenvalue weighted by atomic mass is 10.1. The summed E-state index contributed by atoms with van der Waals surface area (Å²) in [6, 6.07) is 12.9. The third-order valence-electron chi connectivity index (χ3n) is 6.32. The zero-order chi connectivity index (χ0) is 21.5. The van der Waals surface area contributed by atoms with Crippen molar-refractivity contribution in [3.63, 3.8) is 0 Å². The van der Waals surface area contributed by atoms with Gasteiger partial charge >= 0.3 is 0 Å². The van der Waals surface area contributed by atoms with Crippen LogP contribution in [-0.2, 0) is 20.8 Å². The summed E-state index contributed by atoms with van der Waals surface area (Å²) < 4.78 is 5.13. The third-order valence-corrected chi connectivity index (χ3v) is 6.32. The molecule has 0 aromatic heterocycles. The topological polar surface area (TPSA) is 79.0 Å². The lowest BCUT2D eigenvalue weighted by molar-refractivity contribution is -0.122. The van der Waals surface area contributed by atoms with E-state index in [4.69, 9.17) is 4.74 Å². The Kier molecular flexibility index (Phi) is 4.88. The minimum Gasteiger partial charge on any atom is -0.497 e. The van der Waals surface area contributed by atoms with Gasteiger partial charge in [-0.05, 0) is 67.3 Å². The molecule has 1 saturated carbocycles. The molecule has 5 rings (SSSR count). The quantitative estimate of drug-likeness (QED) is 0.808. The van der Waals surface area contributed by atoms with Gasteiger partial charge in [0.2, 0.25) is 17.7 Å². The summed E-state index contributed by atoms with van der Waals surface area (Å²) in [6.45, 7) is 1.05. The Hall–Kier alpha value is -3.35. The van der Waals surface area contributed by atoms with E-state index in [2.05, 4.69) is 5.32 Å². The summed E-state index contributed by atoms with van der Waals surface area (Å²) in [7, 11) is 1.59. The van der Waals surface area contributed by atoms with Gasteiger partial charge in [0.25, 0.3) is 0 Å². The summed E-state index contributed by atoms with van der Waals surface area (Å²) in [5, 5.41) is 2.89. The Morgan fingerprint density at radius 2 is 1.84 bits per heavy atom. The van der Waals surface area contributed by atoms with Gasteiger partial charge in [0.15, 0.2) is 0 Å². The predicted octanol–water partition coefficient (Wildman–Crippen LogP) is 2.99. The Morgan fingerprint density at radius 1 is 1.06 bits per heavy atom. The Morgan fingerprint density at radius 3 is 2.55 bits per heavy atom. The highest BCUT2D eigenvalue weighted by molar-refractivity contribution is 6.04. The molecule has 0 bridgehead atoms. The fourth-order valence-corrected chi connectivity index (χ4v) is 4.39. The first-order valence-corrected chi connectivity index (χ1v) is 10.7. The van der Waals surface area contributed by atoms with Crippen LogP contribution in [0.4, 0.5) is 17.1 Å². The number of nitrogens with one attached hydrogen (secondary N) is 1. The van der Waals surface area contributed by atoms with Gasteiger partial charge in [-0.2, -0.15) is 0 Å². The molecule has 2 heterocycles. The van der Waals surface area contributed by atoms with Crippen LogP contribution >= 0.6 is 0 Å². The molecule has 1 N–H and O–H groups in total. The Bertz CT molecular complexity index is 1050. The molecule has 7 heteroatoms. The highest BCUT2D eigenvalue weighted by Gasteiger charge is 2.38. The molecule has 1 atom stereocenters. The van der Waals surface area contributed by atoms with E-state index < -0.39 is 5.92 Å². The van der Waals surface area contributed by atoms with Crippen LogP contribution in [0, 0.1) is 11.8 Å². The average Bonchev–Trinajstić information content (AvgIpc) is 3.44. The molecular weight excluding hydrogens is 394 g/mol. The van der Waals surface area contributed by atoms with E-state index in [1.165, 1.54) is 0 Å². The molecular formula is C24H25N3O4. The molecule has 2 aromatic carbocycles. The van der Waals surface area contributed by atoms with Gasteiger partial charge in [-0.1, -0.05) is 0 Å². The fraction of sp³-hybridized carbons (Fsp3) is 0.375. The summed E-state index contributed by atoms with van der Waals surface area (Å²) in [5.41, 5.74) is 3.52. The molecule has 2 aromatic rings. The van der Waals surface area contributed by atoms with Crippen LogP contribution in [0.5, 0.6) is 5.75 Å². The van der Waals surface area contributed by atoms with Crippen molar-refractivity contribution in [3.8, 4) is 5.75 Å². The second kappa shape index (κ2) is 7.72. The number of nitrogens with zero attached hydrogens (tertiary/aromatic N) is 2. The lowest BCUT2D eigenvalue weighted by Crippen LogP contribution is -2.30. The zero-order valence-electron chi connectivity index (χ0n) is 17.5. The molecule has 2 aliphatic heterocycles. The standard InChI is InChI=1S/C24H25N3O4/c1-31-20-7-4-18(5-8-20)25-23(29)17-13-22(28)27(14-17)19-6-9-21-16(12-19)10-11-26(21)24(30)15-2-3-15/h4-9,12,15,17H,2-3,10-11,13-14H2,1H3,(H,25,29). The molecule has 3 amide bonds. The summed E-state index contributed by atoms with van der Waals surface area (Å²) in [6.07, 6.45) is 2.96. The van der Waals surface area contributed by atoms with Crippen molar-refractivity contribution in [3.05, 3.63) is 48.0 Å². The number of carbonyl (C=O) groups is 3. The molecule has 7 nitrogen and oxygen atoms in total. The van der Waals surface area contributed by atoms with Gasteiger partial charge in [-0.3, -0.25) is 14.4 Å². The number of amides is 3. The van der Waals surface area contributed by atoms with Crippen molar-refractivity contribution >= 4 is 34.8 Å². The van der Waals surface area contributed by atoms with Crippen LogP contribution in [0.2, 0.25) is 0 Å². The second-order valence-corrected chi connectivity index (χ2v) is 8.45. The first kappa shape index (κ1) is 19.6. The zero-order valence-corrected chi connectivity index (χ0v) is 17.5. The number of rotatable bonds is 5. The number of ether oxygens (including phenoxy) is 1. The number of carbonyl (C=O) groups excluding carboxylic acids is 3. The lowest BCUT2D eigenvalue weighted by Gasteiger charge is -2.20. The Balaban J connectivity index is 1.26. The van der Waals surface area contributed by atoms with E-state index in [1.54, 1.807) is 36.3 Å². The number of anilines is 3. The maximum atomic E-state index is 12.7. The van der Waals surface area contributed by atoms with Gasteiger partial charge in [0.05, 0.1) is 13.0 Å². The van der Waals surface area contributed by atoms with Crippen LogP contribution in [0.25, 0.3) is 0 Å². The maximum Gasteiger partial charge on any atom is 0.230 e. The third kappa shape index (κ3) is 3.76. The van der Waals surface area contributed by atoms with E-state index in [1.807, 2.05) is 23.1 Å². The van der Waals surface area contributed by atoms with Crippen molar-refractivity contribution in [1.29, 1.82) is 0 Å². The van der Waals surface area contributed by atoms with Crippen LogP contribution in [0.1, 0.15) is 24.8 Å². The van der Waals surface area contributed by atoms with Crippen molar-refractivity contribution in [2.45, 2.75) is 25.7 Å². The van der Waals surface area contributed by atoms with E-state index >= 15 is 0 Å². The van der Waals surface area contributed by atoms with Gasteiger partial charge in [-0.15, -0.1) is 0 Å². The first-order chi connectivity index (χ1) is 15.0. The van der Waals surface area contributed by atoms with Crippen molar-refractivity contribution in [2.24, 2.45) is 11.8 Å². The van der Waals surface area contributed by atoms with E-state index in [-0.39, 0.29) is 30.1 Å². The number of hydrogen-bond acceptors (Lipinski definition) is 4. The molecule has 2 fully saturated rings. The van der Waals surface area contributed by atoms with Crippen LogP contribution in [0.3, 0.4) is 0 Å². The average molecular weight is 419 g/mol. The second-order valence-electron chi connectivity index (χ2n) is 8.45. The summed E-state index contributed by atoms with van der Waals surface area (Å²) in [4.78, 5) is 41.4. The number of fused-ring (bicyclic) bond motifs is 1. The fourth-order valence-electron chi connectivity index (χ4n) is 4.39. The number of methoxy groups -OCH3 is 1. The normalized spacial score (nSPS) is 20.0. The largest absolute Gasteiger partial charge is 0.497 e. The van der Waals surface area contributed by atoms with Gasteiger partial charge in [0.1, 0.15) is 5.75 Å². The highest BCUT2D eigenvalue weighted by Crippen LogP contribution is 2.38. The number of hydrogen-bond donors (Lipinski definition) is 1. The smallest absolute Gasteiger partial charge is 0.230 e. The van der Waals surface area contributed by atoms with E-state index in [9.17, 15) is 14.4 Å². The summed E-state index contributed by atoms with van der Waals surface area (Å²) >= 11 is 0. The van der Waals surface area contributed by atoms with Crippen LogP contribution in [-0.4, -0.2) is 37.9 Å². The maximum absolute atomic E-state index is 12.7. The molecule has 0 spiro atoms. The predicted molar refractivity (Wildman–Crippen MR) is 117 cm³/mol. The van der Waals surface area contributed by atoms with Gasteiger partial charge in [-0.25, -0.2) is 0 Å². The van der Waals surface area contributed by atoms with E-state index in [0.29, 0.717) is 24.5 Å². The minimum absolute atomic E-state index is 0.0567. The molecule has 160 valence electrons. The molecule has 1 unspecified atom stereocenters. The minimum atomic E-state index is -0.407. The van der Waals surface area contributed by atoms with Crippen LogP contribution < -0.4 is 19.9 Å². The Labute approximate surface area is 181 Å². The van der Waals surface area contributed by atoms with Crippen molar-refractivity contribution < 1.29 is 19.1 Å². The van der Waals surface area contributed by atoms with Crippen molar-refractivity contribution in [2.75, 3.05) is 35.3 Å². The van der Waals surface area contributed by atoms with Gasteiger partial charge < -0.3 is 19.9 Å². The van der Waals surface area contributed by atoms with Crippen molar-refractivity contribution in [1.82, 2.24) is 0 Å². The number of benzene rings is 2. The van der Waals surface area contributed by atoms with Gasteiger partial charge in [0, 0.05) is 42.5 Å². The first-order valence-electron chi connectivity index (χ1n) is 10.7. The molecule has 1 aliphatic carbocycles. The molecule has 31 heavy (non-hydrogen) atoms. The van der Waals surface area contributed by atoms with Crippen LogP contribution in [0.15, 0.2) is 42.5 Å². The monoisotopic (exact) mass is 419 g/mol. The highest BCUT2D eigenvalue weighted by atomic mass is 16.5. The summed E-state index contributed by atoms with van der Waals surface area (Å²) in [5.74, 6) is 0.502. The van der Waals surface area contributed by atoms with E-state index in [0.717, 1.165) is 36.2 Å². The SMILES string of the molecule is COc1ccc(NC(=O)C2CC(=O)N(c3ccc4c(c3)CCN4C(=O)C3CC3)C2)cc1. The molecule has 1 saturated heterocycles.